The van der Waals surface area contributed by atoms with Gasteiger partial charge >= 0.3 is 5.97 Å². The van der Waals surface area contributed by atoms with Gasteiger partial charge in [0, 0.05) is 12.7 Å². The molecule has 98 valence electrons. The van der Waals surface area contributed by atoms with E-state index in [0.717, 1.165) is 5.56 Å². The van der Waals surface area contributed by atoms with Crippen LogP contribution in [0.4, 0.5) is 0 Å². The number of hydrogen-bond donors (Lipinski definition) is 2. The van der Waals surface area contributed by atoms with Gasteiger partial charge in [-0.05, 0) is 24.1 Å². The standard InChI is InChI=1S/C13H12N2O4/c16-8-7-9-3-1-2-4-11(9)19-12-6-5-10(13(17)18)14-15-12/h1-6,16H,7-8H2,(H,17,18). The third kappa shape index (κ3) is 3.26. The van der Waals surface area contributed by atoms with Gasteiger partial charge in [0.2, 0.25) is 5.88 Å². The Morgan fingerprint density at radius 2 is 1.95 bits per heavy atom. The molecule has 0 aliphatic carbocycles. The van der Waals surface area contributed by atoms with E-state index in [1.165, 1.54) is 12.1 Å². The van der Waals surface area contributed by atoms with Gasteiger partial charge in [0.05, 0.1) is 0 Å². The summed E-state index contributed by atoms with van der Waals surface area (Å²) in [5.74, 6) is -0.371. The van der Waals surface area contributed by atoms with Crippen LogP contribution >= 0.6 is 0 Å². The van der Waals surface area contributed by atoms with Crippen LogP contribution in [0.25, 0.3) is 0 Å². The van der Waals surface area contributed by atoms with E-state index in [4.69, 9.17) is 14.9 Å². The number of hydrogen-bond acceptors (Lipinski definition) is 5. The molecule has 0 aliphatic heterocycles. The van der Waals surface area contributed by atoms with E-state index in [1.807, 2.05) is 12.1 Å². The predicted octanol–water partition coefficient (Wildman–Crippen LogP) is 1.50. The Bertz CT molecular complexity index is 569. The van der Waals surface area contributed by atoms with Crippen molar-refractivity contribution >= 4 is 5.97 Å². The van der Waals surface area contributed by atoms with E-state index in [1.54, 1.807) is 12.1 Å². The Morgan fingerprint density at radius 3 is 2.58 bits per heavy atom. The second-order valence-corrected chi connectivity index (χ2v) is 3.75. The molecule has 2 aromatic rings. The summed E-state index contributed by atoms with van der Waals surface area (Å²) in [4.78, 5) is 10.6. The molecular formula is C13H12N2O4. The third-order valence-electron chi connectivity index (χ3n) is 2.43. The molecule has 0 atom stereocenters. The molecule has 2 rings (SSSR count). The first-order valence-electron chi connectivity index (χ1n) is 5.64. The molecule has 2 N–H and O–H groups in total. The van der Waals surface area contributed by atoms with Crippen molar-refractivity contribution in [2.75, 3.05) is 6.61 Å². The number of aromatic carboxylic acids is 1. The fraction of sp³-hybridized carbons (Fsp3) is 0.154. The number of aliphatic hydroxyl groups excluding tert-OH is 1. The highest BCUT2D eigenvalue weighted by molar-refractivity contribution is 5.84. The van der Waals surface area contributed by atoms with Crippen LogP contribution in [-0.2, 0) is 6.42 Å². The van der Waals surface area contributed by atoms with Gasteiger partial charge in [0.25, 0.3) is 0 Å². The van der Waals surface area contributed by atoms with Crippen molar-refractivity contribution in [2.45, 2.75) is 6.42 Å². The highest BCUT2D eigenvalue weighted by atomic mass is 16.5. The Labute approximate surface area is 109 Å². The molecule has 0 saturated heterocycles. The van der Waals surface area contributed by atoms with E-state index in [0.29, 0.717) is 12.2 Å². The van der Waals surface area contributed by atoms with Gasteiger partial charge in [-0.3, -0.25) is 0 Å². The van der Waals surface area contributed by atoms with E-state index in [-0.39, 0.29) is 18.2 Å². The molecule has 0 spiro atoms. The number of carboxylic acids is 1. The van der Waals surface area contributed by atoms with Crippen LogP contribution in [0.5, 0.6) is 11.6 Å². The first-order chi connectivity index (χ1) is 9.20. The maximum absolute atomic E-state index is 10.6. The van der Waals surface area contributed by atoms with Gasteiger partial charge < -0.3 is 14.9 Å². The molecule has 0 radical (unpaired) electrons. The molecule has 0 unspecified atom stereocenters. The molecule has 6 heteroatoms. The van der Waals surface area contributed by atoms with Gasteiger partial charge in [-0.2, -0.15) is 0 Å². The molecule has 0 saturated carbocycles. The highest BCUT2D eigenvalue weighted by Crippen LogP contribution is 2.23. The van der Waals surface area contributed by atoms with Crippen LogP contribution in [0.3, 0.4) is 0 Å². The number of rotatable bonds is 5. The Morgan fingerprint density at radius 1 is 1.16 bits per heavy atom. The maximum atomic E-state index is 10.6. The molecule has 1 aromatic heterocycles. The lowest BCUT2D eigenvalue weighted by atomic mass is 10.1. The van der Waals surface area contributed by atoms with Gasteiger partial charge in [-0.25, -0.2) is 4.79 Å². The number of aliphatic hydroxyl groups is 1. The molecule has 0 bridgehead atoms. The fourth-order valence-electron chi connectivity index (χ4n) is 1.53. The molecule has 0 amide bonds. The molecule has 0 aliphatic rings. The smallest absolute Gasteiger partial charge is 0.356 e. The van der Waals surface area contributed by atoms with E-state index in [9.17, 15) is 4.79 Å². The normalized spacial score (nSPS) is 10.2. The maximum Gasteiger partial charge on any atom is 0.356 e. The second-order valence-electron chi connectivity index (χ2n) is 3.75. The van der Waals surface area contributed by atoms with E-state index in [2.05, 4.69) is 10.2 Å². The SMILES string of the molecule is O=C(O)c1ccc(Oc2ccccc2CCO)nn1. The van der Waals surface area contributed by atoms with Crippen molar-refractivity contribution in [2.24, 2.45) is 0 Å². The number of aromatic nitrogens is 2. The van der Waals surface area contributed by atoms with E-state index < -0.39 is 5.97 Å². The molecule has 6 nitrogen and oxygen atoms in total. The summed E-state index contributed by atoms with van der Waals surface area (Å²) in [5, 5.41) is 24.9. The highest BCUT2D eigenvalue weighted by Gasteiger charge is 2.08. The zero-order valence-corrected chi connectivity index (χ0v) is 9.98. The van der Waals surface area contributed by atoms with Gasteiger partial charge in [-0.1, -0.05) is 18.2 Å². The van der Waals surface area contributed by atoms with Crippen molar-refractivity contribution in [3.8, 4) is 11.6 Å². The number of carboxylic acid groups (broad SMARTS) is 1. The zero-order chi connectivity index (χ0) is 13.7. The van der Waals surface area contributed by atoms with Crippen molar-refractivity contribution < 1.29 is 19.7 Å². The second kappa shape index (κ2) is 5.92. The van der Waals surface area contributed by atoms with Crippen LogP contribution in [0.1, 0.15) is 16.1 Å². The molecular weight excluding hydrogens is 248 g/mol. The summed E-state index contributed by atoms with van der Waals surface area (Å²) >= 11 is 0. The summed E-state index contributed by atoms with van der Waals surface area (Å²) in [6.07, 6.45) is 0.469. The monoisotopic (exact) mass is 260 g/mol. The lowest BCUT2D eigenvalue weighted by Gasteiger charge is -2.08. The van der Waals surface area contributed by atoms with E-state index >= 15 is 0 Å². The minimum absolute atomic E-state index is 0.0179. The van der Waals surface area contributed by atoms with Gasteiger partial charge in [-0.15, -0.1) is 10.2 Å². The van der Waals surface area contributed by atoms with Crippen molar-refractivity contribution in [3.63, 3.8) is 0 Å². The topological polar surface area (TPSA) is 92.5 Å². The minimum atomic E-state index is -1.14. The number of para-hydroxylation sites is 1. The van der Waals surface area contributed by atoms with Gasteiger partial charge in [0.15, 0.2) is 5.69 Å². The van der Waals surface area contributed by atoms with Crippen LogP contribution in [0, 0.1) is 0 Å². The first-order valence-corrected chi connectivity index (χ1v) is 5.64. The predicted molar refractivity (Wildman–Crippen MR) is 66.3 cm³/mol. The molecule has 1 aromatic carbocycles. The fourth-order valence-corrected chi connectivity index (χ4v) is 1.53. The van der Waals surface area contributed by atoms with Crippen LogP contribution < -0.4 is 4.74 Å². The minimum Gasteiger partial charge on any atom is -0.476 e. The van der Waals surface area contributed by atoms with Crippen molar-refractivity contribution in [1.29, 1.82) is 0 Å². The van der Waals surface area contributed by atoms with Crippen LogP contribution in [0.2, 0.25) is 0 Å². The van der Waals surface area contributed by atoms with Gasteiger partial charge in [0.1, 0.15) is 5.75 Å². The van der Waals surface area contributed by atoms with Crippen LogP contribution in [0.15, 0.2) is 36.4 Å². The Balaban J connectivity index is 2.19. The number of benzene rings is 1. The lowest BCUT2D eigenvalue weighted by Crippen LogP contribution is -2.02. The quantitative estimate of drug-likeness (QED) is 0.846. The Kier molecular flexibility index (Phi) is 4.04. The van der Waals surface area contributed by atoms with Crippen LogP contribution in [-0.4, -0.2) is 33.0 Å². The first kappa shape index (κ1) is 13.0. The summed E-state index contributed by atoms with van der Waals surface area (Å²) < 4.78 is 5.52. The number of nitrogens with zero attached hydrogens (tertiary/aromatic N) is 2. The summed E-state index contributed by atoms with van der Waals surface area (Å²) in [6.45, 7) is 0.0179. The number of carbonyl (C=O) groups is 1. The third-order valence-corrected chi connectivity index (χ3v) is 2.43. The summed E-state index contributed by atoms with van der Waals surface area (Å²) in [5.41, 5.74) is 0.699. The molecule has 1 heterocycles. The average molecular weight is 260 g/mol. The van der Waals surface area contributed by atoms with Crippen molar-refractivity contribution in [1.82, 2.24) is 10.2 Å². The zero-order valence-electron chi connectivity index (χ0n) is 9.98. The largest absolute Gasteiger partial charge is 0.476 e. The summed E-state index contributed by atoms with van der Waals surface area (Å²) in [6, 6.07) is 9.99. The molecule has 0 fully saturated rings. The van der Waals surface area contributed by atoms with Crippen molar-refractivity contribution in [3.05, 3.63) is 47.7 Å². The Hall–Kier alpha value is -2.47. The molecule has 19 heavy (non-hydrogen) atoms. The average Bonchev–Trinajstić information content (AvgIpc) is 2.42. The number of ether oxygens (including phenoxy) is 1. The lowest BCUT2D eigenvalue weighted by molar-refractivity contribution is 0.0689. The summed E-state index contributed by atoms with van der Waals surface area (Å²) in [7, 11) is 0.